The summed E-state index contributed by atoms with van der Waals surface area (Å²) in [6.45, 7) is 2.11. The highest BCUT2D eigenvalue weighted by molar-refractivity contribution is 6.12. The quantitative estimate of drug-likeness (QED) is 0.185. The van der Waals surface area contributed by atoms with Gasteiger partial charge in [0, 0.05) is 49.6 Å². The summed E-state index contributed by atoms with van der Waals surface area (Å²) in [5.74, 6) is 0.731. The lowest BCUT2D eigenvalue weighted by Gasteiger charge is -2.12. The van der Waals surface area contributed by atoms with Crippen molar-refractivity contribution in [2.45, 2.75) is 6.92 Å². The van der Waals surface area contributed by atoms with Gasteiger partial charge in [-0.1, -0.05) is 121 Å². The summed E-state index contributed by atoms with van der Waals surface area (Å²) >= 11 is 0. The van der Waals surface area contributed by atoms with E-state index in [2.05, 4.69) is 180 Å². The molecule has 0 aliphatic carbocycles. The van der Waals surface area contributed by atoms with E-state index in [0.29, 0.717) is 0 Å². The first-order valence-corrected chi connectivity index (χ1v) is 17.3. The molecule has 0 radical (unpaired) electrons. The SMILES string of the molecule is Cc1ccccc1-c1nc(-c2ccccc2)cc(-c2ccc(-n3c4ccccc4c4cc(-n5c6ccccc6c6ccccc65)ccc43)cc2)n1. The molecule has 0 unspecified atom stereocenters. The molecule has 0 N–H and O–H groups in total. The highest BCUT2D eigenvalue weighted by Crippen LogP contribution is 2.37. The third kappa shape index (κ3) is 4.76. The van der Waals surface area contributed by atoms with Crippen LogP contribution < -0.4 is 0 Å². The first-order valence-electron chi connectivity index (χ1n) is 17.3. The van der Waals surface area contributed by atoms with E-state index >= 15 is 0 Å². The maximum Gasteiger partial charge on any atom is 0.160 e. The van der Waals surface area contributed by atoms with Gasteiger partial charge in [-0.3, -0.25) is 0 Å². The van der Waals surface area contributed by atoms with Gasteiger partial charge in [0.2, 0.25) is 0 Å². The van der Waals surface area contributed by atoms with Gasteiger partial charge in [-0.05, 0) is 67.1 Å². The molecule has 10 aromatic rings. The number of fused-ring (bicyclic) bond motifs is 6. The van der Waals surface area contributed by atoms with Crippen molar-refractivity contribution in [3.05, 3.63) is 181 Å². The predicted molar refractivity (Wildman–Crippen MR) is 212 cm³/mol. The second kappa shape index (κ2) is 11.7. The second-order valence-corrected chi connectivity index (χ2v) is 13.1. The van der Waals surface area contributed by atoms with Gasteiger partial charge in [-0.15, -0.1) is 0 Å². The second-order valence-electron chi connectivity index (χ2n) is 13.1. The van der Waals surface area contributed by atoms with E-state index in [1.807, 2.05) is 12.1 Å². The molecule has 10 rings (SSSR count). The number of benzene rings is 7. The van der Waals surface area contributed by atoms with Crippen molar-refractivity contribution in [3.63, 3.8) is 0 Å². The molecule has 0 fully saturated rings. The molecule has 0 spiro atoms. The summed E-state index contributed by atoms with van der Waals surface area (Å²) < 4.78 is 4.76. The standard InChI is InChI=1S/C47H32N4/c1-31-13-5-6-16-36(31)47-48-41(32-14-3-2-4-15-32)30-42(49-47)33-23-25-34(26-24-33)50-45-22-12-9-19-39(45)40-29-35(27-28-46(40)50)51-43-20-10-7-17-37(43)38-18-8-11-21-44(38)51/h2-30H,1H3. The summed E-state index contributed by atoms with van der Waals surface area (Å²) in [6, 6.07) is 62.5. The fourth-order valence-corrected chi connectivity index (χ4v) is 7.66. The van der Waals surface area contributed by atoms with Gasteiger partial charge in [-0.25, -0.2) is 9.97 Å². The fourth-order valence-electron chi connectivity index (χ4n) is 7.66. The zero-order valence-corrected chi connectivity index (χ0v) is 28.0. The van der Waals surface area contributed by atoms with E-state index in [-0.39, 0.29) is 0 Å². The average molecular weight is 653 g/mol. The number of nitrogens with zero attached hydrogens (tertiary/aromatic N) is 4. The number of hydrogen-bond donors (Lipinski definition) is 0. The Hall–Kier alpha value is -6.78. The third-order valence-corrected chi connectivity index (χ3v) is 10.1. The van der Waals surface area contributed by atoms with Crippen molar-refractivity contribution in [2.24, 2.45) is 0 Å². The lowest BCUT2D eigenvalue weighted by molar-refractivity contribution is 1.16. The van der Waals surface area contributed by atoms with Crippen LogP contribution in [0.2, 0.25) is 0 Å². The monoisotopic (exact) mass is 652 g/mol. The van der Waals surface area contributed by atoms with Crippen LogP contribution in [0.5, 0.6) is 0 Å². The van der Waals surface area contributed by atoms with Crippen molar-refractivity contribution in [1.29, 1.82) is 0 Å². The molecule has 4 heteroatoms. The van der Waals surface area contributed by atoms with Crippen LogP contribution in [0.15, 0.2) is 176 Å². The van der Waals surface area contributed by atoms with Crippen molar-refractivity contribution >= 4 is 43.6 Å². The molecule has 3 heterocycles. The van der Waals surface area contributed by atoms with Gasteiger partial charge >= 0.3 is 0 Å². The number of aromatic nitrogens is 4. The summed E-state index contributed by atoms with van der Waals surface area (Å²) in [5.41, 5.74) is 13.1. The molecule has 0 aliphatic heterocycles. The van der Waals surface area contributed by atoms with Crippen LogP contribution in [0.25, 0.3) is 88.9 Å². The van der Waals surface area contributed by atoms with Crippen LogP contribution in [-0.2, 0) is 0 Å². The molecule has 240 valence electrons. The molecule has 4 nitrogen and oxygen atoms in total. The maximum absolute atomic E-state index is 5.11. The molecule has 0 saturated carbocycles. The van der Waals surface area contributed by atoms with Crippen molar-refractivity contribution in [1.82, 2.24) is 19.1 Å². The number of rotatable bonds is 5. The lowest BCUT2D eigenvalue weighted by atomic mass is 10.0. The van der Waals surface area contributed by atoms with Gasteiger partial charge in [0.25, 0.3) is 0 Å². The number of hydrogen-bond acceptors (Lipinski definition) is 2. The fraction of sp³-hybridized carbons (Fsp3) is 0.0213. The van der Waals surface area contributed by atoms with E-state index in [1.54, 1.807) is 0 Å². The lowest BCUT2D eigenvalue weighted by Crippen LogP contribution is -1.98. The molecule has 51 heavy (non-hydrogen) atoms. The van der Waals surface area contributed by atoms with Gasteiger partial charge in [0.1, 0.15) is 0 Å². The molecular weight excluding hydrogens is 621 g/mol. The first-order chi connectivity index (χ1) is 25.2. The Kier molecular flexibility index (Phi) is 6.68. The minimum Gasteiger partial charge on any atom is -0.309 e. The Morgan fingerprint density at radius 1 is 0.373 bits per heavy atom. The van der Waals surface area contributed by atoms with Gasteiger partial charge in [0.15, 0.2) is 5.82 Å². The van der Waals surface area contributed by atoms with Crippen LogP contribution in [-0.4, -0.2) is 19.1 Å². The number of para-hydroxylation sites is 3. The average Bonchev–Trinajstić information content (AvgIpc) is 3.71. The van der Waals surface area contributed by atoms with E-state index in [0.717, 1.165) is 50.8 Å². The van der Waals surface area contributed by atoms with E-state index in [4.69, 9.17) is 9.97 Å². The van der Waals surface area contributed by atoms with Crippen molar-refractivity contribution in [2.75, 3.05) is 0 Å². The Bertz CT molecular complexity index is 2860. The minimum atomic E-state index is 0.731. The Labute approximate surface area is 295 Å². The summed E-state index contributed by atoms with van der Waals surface area (Å²) in [4.78, 5) is 10.1. The van der Waals surface area contributed by atoms with Crippen molar-refractivity contribution in [3.8, 4) is 45.3 Å². The normalized spacial score (nSPS) is 11.6. The van der Waals surface area contributed by atoms with Crippen molar-refractivity contribution < 1.29 is 0 Å². The summed E-state index contributed by atoms with van der Waals surface area (Å²) in [6.07, 6.45) is 0. The van der Waals surface area contributed by atoms with Crippen LogP contribution in [0.4, 0.5) is 0 Å². The van der Waals surface area contributed by atoms with E-state index in [1.165, 1.54) is 43.6 Å². The molecule has 0 saturated heterocycles. The van der Waals surface area contributed by atoms with Gasteiger partial charge in [-0.2, -0.15) is 0 Å². The zero-order valence-electron chi connectivity index (χ0n) is 28.0. The number of aryl methyl sites for hydroxylation is 1. The largest absolute Gasteiger partial charge is 0.309 e. The summed E-state index contributed by atoms with van der Waals surface area (Å²) in [5, 5.41) is 4.98. The van der Waals surface area contributed by atoms with Gasteiger partial charge < -0.3 is 9.13 Å². The molecule has 0 bridgehead atoms. The van der Waals surface area contributed by atoms with Crippen LogP contribution >= 0.6 is 0 Å². The van der Waals surface area contributed by atoms with Crippen LogP contribution in [0.3, 0.4) is 0 Å². The molecular formula is C47H32N4. The molecule has 7 aromatic carbocycles. The first kappa shape index (κ1) is 29.2. The van der Waals surface area contributed by atoms with E-state index < -0.39 is 0 Å². The maximum atomic E-state index is 5.11. The van der Waals surface area contributed by atoms with Gasteiger partial charge in [0.05, 0.1) is 33.5 Å². The molecule has 3 aromatic heterocycles. The minimum absolute atomic E-state index is 0.731. The summed E-state index contributed by atoms with van der Waals surface area (Å²) in [7, 11) is 0. The van der Waals surface area contributed by atoms with Crippen LogP contribution in [0, 0.1) is 6.92 Å². The topological polar surface area (TPSA) is 35.6 Å². The predicted octanol–water partition coefficient (Wildman–Crippen LogP) is 12.0. The van der Waals surface area contributed by atoms with E-state index in [9.17, 15) is 0 Å². The Balaban J connectivity index is 1.11. The zero-order chi connectivity index (χ0) is 33.9. The molecule has 0 atom stereocenters. The highest BCUT2D eigenvalue weighted by atomic mass is 15.0. The Morgan fingerprint density at radius 3 is 1.47 bits per heavy atom. The smallest absolute Gasteiger partial charge is 0.160 e. The van der Waals surface area contributed by atoms with Crippen LogP contribution in [0.1, 0.15) is 5.56 Å². The highest BCUT2D eigenvalue weighted by Gasteiger charge is 2.17. The Morgan fingerprint density at radius 2 is 0.843 bits per heavy atom. The molecule has 0 aliphatic rings. The molecule has 0 amide bonds. The third-order valence-electron chi connectivity index (χ3n) is 10.1.